The average molecular weight is 424 g/mol. The number of hydrogen-bond donors (Lipinski definition) is 1. The SMILES string of the molecule is Clc1ccc(CCN[C@@H](c2nnc(-c3ccccc3)o2)c2ccccc2Cl)cc1. The molecule has 1 aromatic heterocycles. The van der Waals surface area contributed by atoms with E-state index < -0.39 is 0 Å². The van der Waals surface area contributed by atoms with E-state index in [-0.39, 0.29) is 6.04 Å². The zero-order valence-corrected chi connectivity index (χ0v) is 17.1. The van der Waals surface area contributed by atoms with E-state index in [4.69, 9.17) is 27.6 Å². The summed E-state index contributed by atoms with van der Waals surface area (Å²) in [6.07, 6.45) is 0.831. The Balaban J connectivity index is 1.57. The lowest BCUT2D eigenvalue weighted by Gasteiger charge is -2.17. The predicted octanol–water partition coefficient (Wildman–Crippen LogP) is 5.97. The number of rotatable bonds is 7. The second-order valence-electron chi connectivity index (χ2n) is 6.60. The number of halogens is 2. The van der Waals surface area contributed by atoms with Crippen molar-refractivity contribution in [3.8, 4) is 11.5 Å². The fraction of sp³-hybridized carbons (Fsp3) is 0.130. The molecule has 4 rings (SSSR count). The Kier molecular flexibility index (Phi) is 6.25. The Morgan fingerprint density at radius 2 is 1.55 bits per heavy atom. The van der Waals surface area contributed by atoms with Crippen LogP contribution in [0.15, 0.2) is 83.3 Å². The highest BCUT2D eigenvalue weighted by atomic mass is 35.5. The molecule has 0 aliphatic carbocycles. The zero-order valence-electron chi connectivity index (χ0n) is 15.6. The molecule has 0 radical (unpaired) electrons. The molecule has 4 nitrogen and oxygen atoms in total. The second kappa shape index (κ2) is 9.23. The third-order valence-electron chi connectivity index (χ3n) is 4.60. The largest absolute Gasteiger partial charge is 0.419 e. The summed E-state index contributed by atoms with van der Waals surface area (Å²) in [6.45, 7) is 0.709. The third-order valence-corrected chi connectivity index (χ3v) is 5.20. The Labute approximate surface area is 179 Å². The number of benzene rings is 3. The van der Waals surface area contributed by atoms with E-state index in [1.54, 1.807) is 0 Å². The van der Waals surface area contributed by atoms with Gasteiger partial charge in [0.1, 0.15) is 6.04 Å². The lowest BCUT2D eigenvalue weighted by atomic mass is 10.1. The lowest BCUT2D eigenvalue weighted by Crippen LogP contribution is -2.25. The minimum absolute atomic E-state index is 0.305. The molecule has 4 aromatic rings. The number of nitrogens with zero attached hydrogens (tertiary/aromatic N) is 2. The molecular weight excluding hydrogens is 405 g/mol. The maximum atomic E-state index is 6.46. The van der Waals surface area contributed by atoms with Crippen molar-refractivity contribution in [2.45, 2.75) is 12.5 Å². The number of nitrogens with one attached hydrogen (secondary N) is 1. The van der Waals surface area contributed by atoms with Gasteiger partial charge in [0.25, 0.3) is 0 Å². The Morgan fingerprint density at radius 3 is 2.31 bits per heavy atom. The predicted molar refractivity (Wildman–Crippen MR) is 116 cm³/mol. The minimum Gasteiger partial charge on any atom is -0.419 e. The summed E-state index contributed by atoms with van der Waals surface area (Å²) in [7, 11) is 0. The first kappa shape index (κ1) is 19.6. The highest BCUT2D eigenvalue weighted by Crippen LogP contribution is 2.29. The molecule has 0 saturated carbocycles. The lowest BCUT2D eigenvalue weighted by molar-refractivity contribution is 0.440. The molecule has 0 unspecified atom stereocenters. The van der Waals surface area contributed by atoms with Crippen LogP contribution in [0.4, 0.5) is 0 Å². The van der Waals surface area contributed by atoms with Crippen LogP contribution in [0.3, 0.4) is 0 Å². The molecule has 0 amide bonds. The molecule has 0 aliphatic rings. The molecular formula is C23H19Cl2N3O. The van der Waals surface area contributed by atoms with E-state index in [9.17, 15) is 0 Å². The topological polar surface area (TPSA) is 51.0 Å². The van der Waals surface area contributed by atoms with Crippen molar-refractivity contribution >= 4 is 23.2 Å². The molecule has 0 aliphatic heterocycles. The van der Waals surface area contributed by atoms with Gasteiger partial charge in [0.05, 0.1) is 0 Å². The fourth-order valence-corrected chi connectivity index (χ4v) is 3.47. The van der Waals surface area contributed by atoms with E-state index >= 15 is 0 Å². The van der Waals surface area contributed by atoms with Crippen LogP contribution in [-0.2, 0) is 6.42 Å². The van der Waals surface area contributed by atoms with Crippen LogP contribution >= 0.6 is 23.2 Å². The maximum absolute atomic E-state index is 6.46. The molecule has 29 heavy (non-hydrogen) atoms. The standard InChI is InChI=1S/C23H19Cl2N3O/c24-18-12-10-16(11-13-18)14-15-26-21(19-8-4-5-9-20(19)25)23-28-27-22(29-23)17-6-2-1-3-7-17/h1-13,21,26H,14-15H2/t21-/m1/s1. The summed E-state index contributed by atoms with van der Waals surface area (Å²) in [5.41, 5.74) is 2.97. The van der Waals surface area contributed by atoms with Crippen LogP contribution in [0.1, 0.15) is 23.1 Å². The van der Waals surface area contributed by atoms with Crippen molar-refractivity contribution in [3.63, 3.8) is 0 Å². The van der Waals surface area contributed by atoms with E-state index in [1.807, 2.05) is 78.9 Å². The Bertz CT molecular complexity index is 1060. The summed E-state index contributed by atoms with van der Waals surface area (Å²) in [4.78, 5) is 0. The van der Waals surface area contributed by atoms with Crippen LogP contribution in [0.25, 0.3) is 11.5 Å². The molecule has 0 bridgehead atoms. The summed E-state index contributed by atoms with van der Waals surface area (Å²) in [5.74, 6) is 0.963. The fourth-order valence-electron chi connectivity index (χ4n) is 3.10. The van der Waals surface area contributed by atoms with Gasteiger partial charge in [-0.2, -0.15) is 0 Å². The van der Waals surface area contributed by atoms with E-state index in [0.29, 0.717) is 23.3 Å². The number of aromatic nitrogens is 2. The quantitative estimate of drug-likeness (QED) is 0.398. The monoisotopic (exact) mass is 423 g/mol. The van der Waals surface area contributed by atoms with Gasteiger partial charge < -0.3 is 9.73 Å². The van der Waals surface area contributed by atoms with E-state index in [1.165, 1.54) is 5.56 Å². The van der Waals surface area contributed by atoms with Crippen molar-refractivity contribution in [2.24, 2.45) is 0 Å². The molecule has 6 heteroatoms. The molecule has 0 saturated heterocycles. The van der Waals surface area contributed by atoms with Crippen LogP contribution in [-0.4, -0.2) is 16.7 Å². The molecule has 0 spiro atoms. The zero-order chi connectivity index (χ0) is 20.1. The average Bonchev–Trinajstić information content (AvgIpc) is 3.24. The summed E-state index contributed by atoms with van der Waals surface area (Å²) in [5, 5.41) is 13.4. The summed E-state index contributed by atoms with van der Waals surface area (Å²) in [6, 6.07) is 24.9. The second-order valence-corrected chi connectivity index (χ2v) is 7.44. The molecule has 1 N–H and O–H groups in total. The van der Waals surface area contributed by atoms with Crippen molar-refractivity contribution < 1.29 is 4.42 Å². The highest BCUT2D eigenvalue weighted by Gasteiger charge is 2.23. The molecule has 1 heterocycles. The van der Waals surface area contributed by atoms with Crippen molar-refractivity contribution in [1.82, 2.24) is 15.5 Å². The van der Waals surface area contributed by atoms with Crippen LogP contribution in [0, 0.1) is 0 Å². The number of hydrogen-bond acceptors (Lipinski definition) is 4. The Morgan fingerprint density at radius 1 is 0.828 bits per heavy atom. The highest BCUT2D eigenvalue weighted by molar-refractivity contribution is 6.31. The van der Waals surface area contributed by atoms with Crippen LogP contribution in [0.5, 0.6) is 0 Å². The van der Waals surface area contributed by atoms with Gasteiger partial charge in [-0.15, -0.1) is 10.2 Å². The van der Waals surface area contributed by atoms with Crippen LogP contribution < -0.4 is 5.32 Å². The maximum Gasteiger partial charge on any atom is 0.247 e. The molecule has 0 fully saturated rings. The van der Waals surface area contributed by atoms with Gasteiger partial charge in [-0.3, -0.25) is 0 Å². The van der Waals surface area contributed by atoms with Gasteiger partial charge in [0, 0.05) is 22.2 Å². The molecule has 146 valence electrons. The molecule has 1 atom stereocenters. The summed E-state index contributed by atoms with van der Waals surface area (Å²) >= 11 is 12.4. The van der Waals surface area contributed by atoms with Gasteiger partial charge in [0.2, 0.25) is 11.8 Å². The first-order valence-electron chi connectivity index (χ1n) is 9.32. The van der Waals surface area contributed by atoms with Gasteiger partial charge >= 0.3 is 0 Å². The van der Waals surface area contributed by atoms with Gasteiger partial charge in [-0.25, -0.2) is 0 Å². The van der Waals surface area contributed by atoms with Crippen molar-refractivity contribution in [1.29, 1.82) is 0 Å². The Hall–Kier alpha value is -2.66. The first-order chi connectivity index (χ1) is 14.2. The van der Waals surface area contributed by atoms with Crippen molar-refractivity contribution in [3.05, 3.63) is 106 Å². The van der Waals surface area contributed by atoms with Gasteiger partial charge in [0.15, 0.2) is 0 Å². The first-order valence-corrected chi connectivity index (χ1v) is 10.1. The van der Waals surface area contributed by atoms with Crippen LogP contribution in [0.2, 0.25) is 10.0 Å². The molecule has 3 aromatic carbocycles. The van der Waals surface area contributed by atoms with E-state index in [2.05, 4.69) is 15.5 Å². The third kappa shape index (κ3) is 4.85. The van der Waals surface area contributed by atoms with Gasteiger partial charge in [-0.05, 0) is 47.9 Å². The summed E-state index contributed by atoms with van der Waals surface area (Å²) < 4.78 is 6.00. The van der Waals surface area contributed by atoms with Crippen molar-refractivity contribution in [2.75, 3.05) is 6.54 Å². The normalized spacial score (nSPS) is 12.1. The van der Waals surface area contributed by atoms with Gasteiger partial charge in [-0.1, -0.05) is 71.7 Å². The smallest absolute Gasteiger partial charge is 0.247 e. The minimum atomic E-state index is -0.305. The van der Waals surface area contributed by atoms with E-state index in [0.717, 1.165) is 22.6 Å².